The summed E-state index contributed by atoms with van der Waals surface area (Å²) in [5.41, 5.74) is 3.63. The first-order valence-electron chi connectivity index (χ1n) is 12.7. The van der Waals surface area contributed by atoms with Crippen molar-refractivity contribution < 1.29 is 37.9 Å². The number of non-ortho nitro benzene ring substituents is 1. The lowest BCUT2D eigenvalue weighted by Crippen LogP contribution is -2.45. The zero-order valence-electron chi connectivity index (χ0n) is 23.1. The first-order chi connectivity index (χ1) is 20.6. The van der Waals surface area contributed by atoms with E-state index in [2.05, 4.69) is 21.2 Å². The van der Waals surface area contributed by atoms with Gasteiger partial charge in [-0.3, -0.25) is 14.9 Å². The second kappa shape index (κ2) is 13.5. The number of allylic oxidation sites excluding steroid dienone is 1. The molecular formula is C28H26ClN5O9. The smallest absolute Gasteiger partial charge is 0.338 e. The second-order valence-corrected chi connectivity index (χ2v) is 9.31. The molecule has 0 bridgehead atoms. The summed E-state index contributed by atoms with van der Waals surface area (Å²) < 4.78 is 21.8. The number of nitrogens with zero attached hydrogens (tertiary/aromatic N) is 2. The number of esters is 1. The second-order valence-electron chi connectivity index (χ2n) is 8.91. The van der Waals surface area contributed by atoms with Gasteiger partial charge in [-0.2, -0.15) is 5.10 Å². The Morgan fingerprint density at radius 1 is 1.19 bits per heavy atom. The molecular weight excluding hydrogens is 586 g/mol. The van der Waals surface area contributed by atoms with Crippen LogP contribution >= 0.6 is 11.6 Å². The van der Waals surface area contributed by atoms with E-state index >= 15 is 0 Å². The number of nitrogens with one attached hydrogen (secondary N) is 3. The van der Waals surface area contributed by atoms with Gasteiger partial charge in [0.2, 0.25) is 0 Å². The molecule has 43 heavy (non-hydrogen) atoms. The van der Waals surface area contributed by atoms with Gasteiger partial charge >= 0.3 is 12.0 Å². The minimum atomic E-state index is -0.802. The fourth-order valence-corrected chi connectivity index (χ4v) is 4.34. The van der Waals surface area contributed by atoms with Crippen LogP contribution in [0.4, 0.5) is 10.5 Å². The predicted octanol–water partition coefficient (Wildman–Crippen LogP) is 4.24. The van der Waals surface area contributed by atoms with Crippen molar-refractivity contribution in [2.24, 2.45) is 5.10 Å². The largest absolute Gasteiger partial charge is 0.493 e. The van der Waals surface area contributed by atoms with E-state index in [4.69, 9.17) is 30.2 Å². The SMILES string of the molecule is CCOC(=O)C1=C(C)NC(=O)N[C@H]1c1ccc(OCC(=O)N/N=C\c2ccc(-c3cc([N+](=O)[O-])ccc3Cl)o2)c(OC)c1. The molecule has 3 aromatic rings. The minimum absolute atomic E-state index is 0.143. The van der Waals surface area contributed by atoms with Crippen molar-refractivity contribution in [3.8, 4) is 22.8 Å². The molecule has 0 saturated carbocycles. The summed E-state index contributed by atoms with van der Waals surface area (Å²) in [6.07, 6.45) is 1.24. The van der Waals surface area contributed by atoms with E-state index in [9.17, 15) is 24.5 Å². The molecule has 15 heteroatoms. The molecule has 0 aliphatic carbocycles. The molecule has 14 nitrogen and oxygen atoms in total. The molecule has 1 aliphatic heterocycles. The van der Waals surface area contributed by atoms with Gasteiger partial charge in [-0.05, 0) is 49.7 Å². The number of hydrogen-bond donors (Lipinski definition) is 3. The molecule has 0 spiro atoms. The minimum Gasteiger partial charge on any atom is -0.493 e. The molecule has 3 amide bonds. The standard InChI is InChI=1S/C28H26ClN5O9/c1-4-41-27(36)25-15(2)31-28(37)32-26(25)16-5-9-22(23(11-16)40-3)42-14-24(35)33-30-13-18-7-10-21(43-18)19-12-17(34(38)39)6-8-20(19)29/h5-13,26H,4,14H2,1-3H3,(H,33,35)(H2,31,32,37)/b30-13-/t26-/m0/s1. The molecule has 1 aromatic heterocycles. The Kier molecular flexibility index (Phi) is 9.62. The van der Waals surface area contributed by atoms with Gasteiger partial charge in [-0.25, -0.2) is 15.0 Å². The van der Waals surface area contributed by atoms with Crippen LogP contribution in [0.1, 0.15) is 31.2 Å². The number of furan rings is 1. The van der Waals surface area contributed by atoms with Gasteiger partial charge in [-0.15, -0.1) is 0 Å². The van der Waals surface area contributed by atoms with Crippen molar-refractivity contribution in [3.63, 3.8) is 0 Å². The van der Waals surface area contributed by atoms with Crippen molar-refractivity contribution in [2.75, 3.05) is 20.3 Å². The van der Waals surface area contributed by atoms with Crippen LogP contribution in [0.15, 0.2) is 69.3 Å². The van der Waals surface area contributed by atoms with Gasteiger partial charge in [0.05, 0.1) is 41.5 Å². The Bertz CT molecular complexity index is 1630. The number of nitro benzene ring substituents is 1. The van der Waals surface area contributed by atoms with Crippen LogP contribution in [0.2, 0.25) is 5.02 Å². The number of carbonyl (C=O) groups is 3. The molecule has 1 atom stereocenters. The Morgan fingerprint density at radius 3 is 2.70 bits per heavy atom. The van der Waals surface area contributed by atoms with Crippen molar-refractivity contribution in [1.29, 1.82) is 0 Å². The maximum Gasteiger partial charge on any atom is 0.338 e. The van der Waals surface area contributed by atoms with E-state index in [-0.39, 0.29) is 45.9 Å². The topological polar surface area (TPSA) is 184 Å². The zero-order chi connectivity index (χ0) is 31.1. The summed E-state index contributed by atoms with van der Waals surface area (Å²) in [6.45, 7) is 3.03. The number of methoxy groups -OCH3 is 1. The number of amides is 3. The van der Waals surface area contributed by atoms with Gasteiger partial charge in [0.15, 0.2) is 18.1 Å². The van der Waals surface area contributed by atoms with Crippen molar-refractivity contribution in [2.45, 2.75) is 19.9 Å². The summed E-state index contributed by atoms with van der Waals surface area (Å²) in [7, 11) is 1.41. The van der Waals surface area contributed by atoms with Crippen molar-refractivity contribution in [1.82, 2.24) is 16.1 Å². The van der Waals surface area contributed by atoms with Crippen LogP contribution in [0.5, 0.6) is 11.5 Å². The lowest BCUT2D eigenvalue weighted by Gasteiger charge is -2.28. The summed E-state index contributed by atoms with van der Waals surface area (Å²) in [6, 6.07) is 10.6. The van der Waals surface area contributed by atoms with Gasteiger partial charge in [0.25, 0.3) is 11.6 Å². The third kappa shape index (κ3) is 7.29. The Hall–Kier alpha value is -5.37. The summed E-state index contributed by atoms with van der Waals surface area (Å²) in [5, 5.41) is 20.4. The molecule has 0 radical (unpaired) electrons. The van der Waals surface area contributed by atoms with Crippen LogP contribution in [-0.4, -0.2) is 49.4 Å². The average Bonchev–Trinajstić information content (AvgIpc) is 3.44. The first-order valence-corrected chi connectivity index (χ1v) is 13.1. The highest BCUT2D eigenvalue weighted by molar-refractivity contribution is 6.33. The highest BCUT2D eigenvalue weighted by Crippen LogP contribution is 2.35. The summed E-state index contributed by atoms with van der Waals surface area (Å²) >= 11 is 6.15. The molecule has 224 valence electrons. The molecule has 3 N–H and O–H groups in total. The monoisotopic (exact) mass is 611 g/mol. The molecule has 0 unspecified atom stereocenters. The first kappa shape index (κ1) is 30.6. The third-order valence-electron chi connectivity index (χ3n) is 6.08. The van der Waals surface area contributed by atoms with Crippen molar-refractivity contribution in [3.05, 3.63) is 86.3 Å². The number of halogens is 1. The Balaban J connectivity index is 1.39. The number of rotatable bonds is 11. The van der Waals surface area contributed by atoms with E-state index in [1.165, 1.54) is 31.5 Å². The van der Waals surface area contributed by atoms with Gasteiger partial charge in [0, 0.05) is 23.4 Å². The highest BCUT2D eigenvalue weighted by atomic mass is 35.5. The van der Waals surface area contributed by atoms with Crippen molar-refractivity contribution >= 4 is 41.4 Å². The fraction of sp³-hybridized carbons (Fsp3) is 0.214. The van der Waals surface area contributed by atoms with Crippen LogP contribution in [0.3, 0.4) is 0 Å². The molecule has 2 aromatic carbocycles. The maximum absolute atomic E-state index is 12.6. The lowest BCUT2D eigenvalue weighted by molar-refractivity contribution is -0.384. The number of urea groups is 1. The Morgan fingerprint density at radius 2 is 1.98 bits per heavy atom. The quantitative estimate of drug-likeness (QED) is 0.123. The van der Waals surface area contributed by atoms with E-state index in [0.29, 0.717) is 16.8 Å². The predicted molar refractivity (Wildman–Crippen MR) is 154 cm³/mol. The fourth-order valence-electron chi connectivity index (χ4n) is 4.13. The summed E-state index contributed by atoms with van der Waals surface area (Å²) in [4.78, 5) is 47.5. The van der Waals surface area contributed by atoms with E-state index in [1.807, 2.05) is 0 Å². The number of hydrogen-bond acceptors (Lipinski definition) is 10. The van der Waals surface area contributed by atoms with Crippen LogP contribution in [-0.2, 0) is 14.3 Å². The number of ether oxygens (including phenoxy) is 3. The maximum atomic E-state index is 12.6. The molecule has 2 heterocycles. The van der Waals surface area contributed by atoms with Gasteiger partial charge in [0.1, 0.15) is 11.5 Å². The lowest BCUT2D eigenvalue weighted by atomic mass is 9.95. The zero-order valence-corrected chi connectivity index (χ0v) is 23.9. The van der Waals surface area contributed by atoms with Gasteiger partial charge in [-0.1, -0.05) is 17.7 Å². The van der Waals surface area contributed by atoms with E-state index in [0.717, 1.165) is 0 Å². The molecule has 4 rings (SSSR count). The van der Waals surface area contributed by atoms with Gasteiger partial charge < -0.3 is 29.3 Å². The molecule has 0 saturated heterocycles. The molecule has 0 fully saturated rings. The van der Waals surface area contributed by atoms with E-state index in [1.54, 1.807) is 44.2 Å². The van der Waals surface area contributed by atoms with E-state index < -0.39 is 35.5 Å². The van der Waals surface area contributed by atoms with Crippen LogP contribution in [0, 0.1) is 10.1 Å². The normalized spacial score (nSPS) is 14.6. The number of carbonyl (C=O) groups excluding carboxylic acids is 3. The number of hydrazone groups is 1. The third-order valence-corrected chi connectivity index (χ3v) is 6.41. The molecule has 1 aliphatic rings. The Labute approximate surface area is 249 Å². The highest BCUT2D eigenvalue weighted by Gasteiger charge is 2.32. The van der Waals surface area contributed by atoms with Crippen LogP contribution < -0.4 is 25.5 Å². The summed E-state index contributed by atoms with van der Waals surface area (Å²) in [5.74, 6) is -0.145. The van der Waals surface area contributed by atoms with Crippen LogP contribution in [0.25, 0.3) is 11.3 Å². The number of benzene rings is 2. The average molecular weight is 612 g/mol. The number of nitro groups is 1.